The molecule has 5 nitrogen and oxygen atoms in total. The monoisotopic (exact) mass is 308 g/mol. The van der Waals surface area contributed by atoms with Crippen molar-refractivity contribution in [2.24, 2.45) is 0 Å². The van der Waals surface area contributed by atoms with Crippen molar-refractivity contribution in [2.75, 3.05) is 5.73 Å². The lowest BCUT2D eigenvalue weighted by Gasteiger charge is -2.05. The largest absolute Gasteiger partial charge is 0.382 e. The Bertz CT molecular complexity index is 674. The summed E-state index contributed by atoms with van der Waals surface area (Å²) in [6.07, 6.45) is 1.20. The number of nitrogens with two attached hydrogens (primary N) is 1. The first-order chi connectivity index (χ1) is 8.54. The van der Waals surface area contributed by atoms with Gasteiger partial charge in [-0.05, 0) is 34.1 Å². The molecule has 0 atom stereocenters. The third-order valence-electron chi connectivity index (χ3n) is 2.28. The lowest BCUT2D eigenvalue weighted by molar-refractivity contribution is 0.0947. The fourth-order valence-corrected chi connectivity index (χ4v) is 1.90. The minimum absolute atomic E-state index is 0.0428. The van der Waals surface area contributed by atoms with E-state index in [0.29, 0.717) is 4.47 Å². The number of nitrogens with zero attached hydrogens (tertiary/aromatic N) is 3. The summed E-state index contributed by atoms with van der Waals surface area (Å²) < 4.78 is 14.1. The summed E-state index contributed by atoms with van der Waals surface area (Å²) in [6.45, 7) is 0. The number of carbonyl (C=O) groups excluding carboxylic acids is 1. The van der Waals surface area contributed by atoms with Gasteiger partial charge in [-0.2, -0.15) is 15.0 Å². The number of halogens is 2. The summed E-state index contributed by atoms with van der Waals surface area (Å²) >= 11 is 3.09. The molecule has 0 unspecified atom stereocenters. The Morgan fingerprint density at radius 2 is 2.28 bits per heavy atom. The lowest BCUT2D eigenvalue weighted by Crippen LogP contribution is -2.16. The third kappa shape index (κ3) is 1.98. The molecule has 1 aromatic heterocycles. The highest BCUT2D eigenvalue weighted by molar-refractivity contribution is 9.10. The molecule has 18 heavy (non-hydrogen) atoms. The minimum atomic E-state index is -0.541. The molecule has 7 heteroatoms. The van der Waals surface area contributed by atoms with Gasteiger partial charge in [-0.15, -0.1) is 0 Å². The van der Waals surface area contributed by atoms with E-state index in [1.807, 2.05) is 6.07 Å². The smallest absolute Gasteiger partial charge is 0.281 e. The van der Waals surface area contributed by atoms with E-state index in [2.05, 4.69) is 21.0 Å². The molecule has 0 aliphatic heterocycles. The summed E-state index contributed by atoms with van der Waals surface area (Å²) in [5.74, 6) is -1.05. The quantitative estimate of drug-likeness (QED) is 0.872. The van der Waals surface area contributed by atoms with Gasteiger partial charge in [0.25, 0.3) is 5.91 Å². The Balaban J connectivity index is 2.49. The van der Waals surface area contributed by atoms with Crippen LogP contribution < -0.4 is 5.73 Å². The zero-order valence-corrected chi connectivity index (χ0v) is 10.5. The van der Waals surface area contributed by atoms with Crippen molar-refractivity contribution in [1.29, 1.82) is 5.26 Å². The second-order valence-electron chi connectivity index (χ2n) is 3.40. The molecule has 0 aliphatic rings. The molecule has 2 rings (SSSR count). The number of aromatic nitrogens is 2. The maximum Gasteiger partial charge on any atom is 0.281 e. The Hall–Kier alpha value is -2.20. The van der Waals surface area contributed by atoms with Crippen molar-refractivity contribution in [3.05, 3.63) is 45.8 Å². The molecule has 90 valence electrons. The summed E-state index contributed by atoms with van der Waals surface area (Å²) in [5, 5.41) is 12.5. The normalized spacial score (nSPS) is 10.1. The molecule has 1 heterocycles. The van der Waals surface area contributed by atoms with Crippen molar-refractivity contribution in [3.63, 3.8) is 0 Å². The van der Waals surface area contributed by atoms with Gasteiger partial charge in [-0.25, -0.2) is 4.39 Å². The average Bonchev–Trinajstić information content (AvgIpc) is 2.69. The summed E-state index contributed by atoms with van der Waals surface area (Å²) in [4.78, 5) is 12.1. The van der Waals surface area contributed by atoms with Crippen LogP contribution in [0.3, 0.4) is 0 Å². The van der Waals surface area contributed by atoms with Crippen LogP contribution in [0.5, 0.6) is 0 Å². The van der Waals surface area contributed by atoms with E-state index >= 15 is 0 Å². The van der Waals surface area contributed by atoms with E-state index in [9.17, 15) is 9.18 Å². The zero-order valence-electron chi connectivity index (χ0n) is 8.89. The summed E-state index contributed by atoms with van der Waals surface area (Å²) in [6, 6.07) is 5.45. The Morgan fingerprint density at radius 1 is 1.56 bits per heavy atom. The average molecular weight is 309 g/mol. The van der Waals surface area contributed by atoms with Gasteiger partial charge in [0, 0.05) is 4.47 Å². The van der Waals surface area contributed by atoms with Gasteiger partial charge in [0.1, 0.15) is 23.3 Å². The van der Waals surface area contributed by atoms with E-state index in [1.54, 1.807) is 0 Å². The fourth-order valence-electron chi connectivity index (χ4n) is 1.38. The highest BCUT2D eigenvalue weighted by atomic mass is 79.9. The first kappa shape index (κ1) is 12.3. The Labute approximate surface area is 110 Å². The summed E-state index contributed by atoms with van der Waals surface area (Å²) in [5.41, 5.74) is 5.92. The number of hydrogen-bond donors (Lipinski definition) is 1. The van der Waals surface area contributed by atoms with E-state index in [4.69, 9.17) is 11.0 Å². The second-order valence-corrected chi connectivity index (χ2v) is 4.25. The maximum absolute atomic E-state index is 12.9. The molecule has 2 N–H and O–H groups in total. The number of nitrogen functional groups attached to an aromatic ring is 1. The summed E-state index contributed by atoms with van der Waals surface area (Å²) in [7, 11) is 0. The van der Waals surface area contributed by atoms with Crippen LogP contribution in [0.1, 0.15) is 15.9 Å². The highest BCUT2D eigenvalue weighted by Gasteiger charge is 2.18. The van der Waals surface area contributed by atoms with Crippen LogP contribution in [-0.2, 0) is 0 Å². The lowest BCUT2D eigenvalue weighted by atomic mass is 10.2. The van der Waals surface area contributed by atoms with Crippen LogP contribution in [-0.4, -0.2) is 15.7 Å². The van der Waals surface area contributed by atoms with Gasteiger partial charge < -0.3 is 5.73 Å². The molecule has 0 fully saturated rings. The molecule has 0 aliphatic carbocycles. The SMILES string of the molecule is N#Cc1cnn(C(=O)c2ccc(F)cc2Br)c1N. The molecular formula is C11H6BrFN4O. The zero-order chi connectivity index (χ0) is 13.3. The van der Waals surface area contributed by atoms with E-state index in [1.165, 1.54) is 12.3 Å². The molecule has 1 aromatic carbocycles. The van der Waals surface area contributed by atoms with Gasteiger partial charge in [0.2, 0.25) is 0 Å². The number of nitriles is 1. The molecular weight excluding hydrogens is 303 g/mol. The number of rotatable bonds is 1. The molecule has 0 amide bonds. The molecule has 0 bridgehead atoms. The van der Waals surface area contributed by atoms with Gasteiger partial charge in [-0.1, -0.05) is 0 Å². The number of anilines is 1. The number of carbonyl (C=O) groups is 1. The van der Waals surface area contributed by atoms with Crippen LogP contribution in [0.15, 0.2) is 28.9 Å². The van der Waals surface area contributed by atoms with Gasteiger partial charge >= 0.3 is 0 Å². The topological polar surface area (TPSA) is 84.7 Å². The van der Waals surface area contributed by atoms with E-state index in [0.717, 1.165) is 16.8 Å². The third-order valence-corrected chi connectivity index (χ3v) is 2.94. The predicted octanol–water partition coefficient (Wildman–Crippen LogP) is 1.93. The predicted molar refractivity (Wildman–Crippen MR) is 65.2 cm³/mol. The van der Waals surface area contributed by atoms with Crippen molar-refractivity contribution in [1.82, 2.24) is 9.78 Å². The van der Waals surface area contributed by atoms with Gasteiger partial charge in [0.15, 0.2) is 0 Å². The van der Waals surface area contributed by atoms with E-state index < -0.39 is 11.7 Å². The maximum atomic E-state index is 12.9. The Morgan fingerprint density at radius 3 is 2.83 bits per heavy atom. The first-order valence-corrected chi connectivity index (χ1v) is 5.57. The highest BCUT2D eigenvalue weighted by Crippen LogP contribution is 2.20. The fraction of sp³-hybridized carbons (Fsp3) is 0. The minimum Gasteiger partial charge on any atom is -0.382 e. The molecule has 0 saturated heterocycles. The molecule has 0 saturated carbocycles. The first-order valence-electron chi connectivity index (χ1n) is 4.78. The molecule has 2 aromatic rings. The van der Waals surface area contributed by atoms with Gasteiger partial charge in [-0.3, -0.25) is 4.79 Å². The molecule has 0 radical (unpaired) electrons. The number of hydrogen-bond acceptors (Lipinski definition) is 4. The van der Waals surface area contributed by atoms with Crippen LogP contribution in [0.25, 0.3) is 0 Å². The van der Waals surface area contributed by atoms with Crippen LogP contribution in [0.4, 0.5) is 10.2 Å². The Kier molecular flexibility index (Phi) is 3.12. The van der Waals surface area contributed by atoms with Crippen LogP contribution >= 0.6 is 15.9 Å². The van der Waals surface area contributed by atoms with Crippen molar-refractivity contribution in [2.45, 2.75) is 0 Å². The van der Waals surface area contributed by atoms with Crippen LogP contribution in [0, 0.1) is 17.1 Å². The van der Waals surface area contributed by atoms with E-state index in [-0.39, 0.29) is 16.9 Å². The van der Waals surface area contributed by atoms with Crippen molar-refractivity contribution < 1.29 is 9.18 Å². The molecule has 0 spiro atoms. The van der Waals surface area contributed by atoms with Crippen molar-refractivity contribution >= 4 is 27.7 Å². The van der Waals surface area contributed by atoms with Crippen LogP contribution in [0.2, 0.25) is 0 Å². The van der Waals surface area contributed by atoms with Crippen molar-refractivity contribution in [3.8, 4) is 6.07 Å². The van der Waals surface area contributed by atoms with Gasteiger partial charge in [0.05, 0.1) is 11.8 Å². The standard InChI is InChI=1S/C11H6BrFN4O/c12-9-3-7(13)1-2-8(9)11(18)17-10(15)6(4-14)5-16-17/h1-3,5H,15H2. The second kappa shape index (κ2) is 4.58. The number of benzene rings is 1.